The van der Waals surface area contributed by atoms with Gasteiger partial charge in [-0.3, -0.25) is 0 Å². The molecule has 15 heavy (non-hydrogen) atoms. The van der Waals surface area contributed by atoms with Crippen LogP contribution in [0.3, 0.4) is 0 Å². The van der Waals surface area contributed by atoms with E-state index in [9.17, 15) is 4.79 Å². The normalized spacial score (nSPS) is 10.5. The fourth-order valence-electron chi connectivity index (χ4n) is 1.21. The average molecular weight is 226 g/mol. The first-order valence-corrected chi connectivity index (χ1v) is 4.76. The number of esters is 1. The number of carbonyl (C=O) groups is 1. The van der Waals surface area contributed by atoms with Crippen LogP contribution in [-0.2, 0) is 4.74 Å². The summed E-state index contributed by atoms with van der Waals surface area (Å²) < 4.78 is 6.34. The third-order valence-corrected chi connectivity index (χ3v) is 2.01. The van der Waals surface area contributed by atoms with Gasteiger partial charge < -0.3 is 4.74 Å². The van der Waals surface area contributed by atoms with Crippen molar-refractivity contribution in [3.63, 3.8) is 0 Å². The number of halogens is 1. The molecule has 0 atom stereocenters. The van der Waals surface area contributed by atoms with E-state index in [1.54, 1.807) is 19.2 Å². The molecule has 0 fully saturated rings. The lowest BCUT2D eigenvalue weighted by Gasteiger charge is -1.96. The predicted molar refractivity (Wildman–Crippen MR) is 54.0 cm³/mol. The van der Waals surface area contributed by atoms with E-state index in [0.717, 1.165) is 0 Å². The maximum absolute atomic E-state index is 11.4. The first-order chi connectivity index (χ1) is 7.20. The number of fused-ring (bicyclic) bond motifs is 1. The summed E-state index contributed by atoms with van der Waals surface area (Å²) in [7, 11) is 0. The smallest absolute Gasteiger partial charge is 0.339 e. The third kappa shape index (κ3) is 1.92. The maximum atomic E-state index is 11.4. The summed E-state index contributed by atoms with van der Waals surface area (Å²) in [6.45, 7) is 2.10. The van der Waals surface area contributed by atoms with Gasteiger partial charge >= 0.3 is 5.97 Å². The van der Waals surface area contributed by atoms with Crippen molar-refractivity contribution in [2.75, 3.05) is 6.61 Å². The fraction of sp³-hybridized carbons (Fsp3) is 0.222. The number of rotatable bonds is 2. The second-order valence-corrected chi connectivity index (χ2v) is 3.18. The first-order valence-electron chi connectivity index (χ1n) is 4.38. The van der Waals surface area contributed by atoms with Crippen LogP contribution in [0.2, 0.25) is 5.28 Å². The number of aromatic nitrogens is 3. The van der Waals surface area contributed by atoms with Crippen LogP contribution in [0.1, 0.15) is 17.3 Å². The molecule has 2 aromatic rings. The van der Waals surface area contributed by atoms with Gasteiger partial charge in [-0.2, -0.15) is 0 Å². The van der Waals surface area contributed by atoms with Gasteiger partial charge in [-0.05, 0) is 24.6 Å². The minimum absolute atomic E-state index is 0.133. The SMILES string of the molecule is CCOC(=O)c1cc2cnc(Cl)nn2c1. The van der Waals surface area contributed by atoms with Gasteiger partial charge in [0.25, 0.3) is 0 Å². The molecule has 0 aliphatic carbocycles. The van der Waals surface area contributed by atoms with Gasteiger partial charge in [-0.25, -0.2) is 14.3 Å². The summed E-state index contributed by atoms with van der Waals surface area (Å²) in [4.78, 5) is 15.2. The second-order valence-electron chi connectivity index (χ2n) is 2.85. The lowest BCUT2D eigenvalue weighted by molar-refractivity contribution is 0.0526. The Morgan fingerprint density at radius 2 is 2.47 bits per heavy atom. The topological polar surface area (TPSA) is 56.5 Å². The zero-order valence-electron chi connectivity index (χ0n) is 7.98. The molecule has 2 heterocycles. The third-order valence-electron chi connectivity index (χ3n) is 1.83. The Morgan fingerprint density at radius 3 is 3.20 bits per heavy atom. The highest BCUT2D eigenvalue weighted by Gasteiger charge is 2.10. The molecule has 0 amide bonds. The van der Waals surface area contributed by atoms with Crippen molar-refractivity contribution in [3.8, 4) is 0 Å². The Hall–Kier alpha value is -1.62. The highest BCUT2D eigenvalue weighted by atomic mass is 35.5. The Morgan fingerprint density at radius 1 is 1.67 bits per heavy atom. The van der Waals surface area contributed by atoms with Crippen LogP contribution in [-0.4, -0.2) is 27.2 Å². The summed E-state index contributed by atoms with van der Waals surface area (Å²) in [6, 6.07) is 1.65. The molecule has 78 valence electrons. The van der Waals surface area contributed by atoms with Gasteiger partial charge in [0.1, 0.15) is 0 Å². The van der Waals surface area contributed by atoms with E-state index < -0.39 is 0 Å². The summed E-state index contributed by atoms with van der Waals surface area (Å²) in [6.07, 6.45) is 3.10. The summed E-state index contributed by atoms with van der Waals surface area (Å²) in [5.41, 5.74) is 1.14. The number of hydrogen-bond acceptors (Lipinski definition) is 4. The zero-order chi connectivity index (χ0) is 10.8. The Labute approximate surface area is 90.6 Å². The van der Waals surface area contributed by atoms with Crippen molar-refractivity contribution in [1.82, 2.24) is 14.6 Å². The van der Waals surface area contributed by atoms with Crippen LogP contribution in [0.25, 0.3) is 5.52 Å². The van der Waals surface area contributed by atoms with Crippen LogP contribution in [0.4, 0.5) is 0 Å². The molecule has 0 N–H and O–H groups in total. The first kappa shape index (κ1) is 9.92. The van der Waals surface area contributed by atoms with Gasteiger partial charge in [0, 0.05) is 6.20 Å². The fourth-order valence-corrected chi connectivity index (χ4v) is 1.34. The largest absolute Gasteiger partial charge is 0.462 e. The van der Waals surface area contributed by atoms with E-state index in [1.165, 1.54) is 10.7 Å². The van der Waals surface area contributed by atoms with Gasteiger partial charge in [0.05, 0.1) is 23.9 Å². The van der Waals surface area contributed by atoms with Crippen molar-refractivity contribution < 1.29 is 9.53 Å². The quantitative estimate of drug-likeness (QED) is 0.728. The summed E-state index contributed by atoms with van der Waals surface area (Å²) in [5, 5.41) is 4.03. The molecule has 0 saturated heterocycles. The molecule has 5 nitrogen and oxygen atoms in total. The van der Waals surface area contributed by atoms with Crippen molar-refractivity contribution >= 4 is 23.1 Å². The highest BCUT2D eigenvalue weighted by Crippen LogP contribution is 2.10. The standard InChI is InChI=1S/C9H8ClN3O2/c1-2-15-8(14)6-3-7-4-11-9(10)12-13(7)5-6/h3-5H,2H2,1H3. The van der Waals surface area contributed by atoms with Crippen LogP contribution < -0.4 is 0 Å². The predicted octanol–water partition coefficient (Wildman–Crippen LogP) is 1.56. The lowest BCUT2D eigenvalue weighted by Crippen LogP contribution is -2.02. The molecule has 0 saturated carbocycles. The van der Waals surface area contributed by atoms with Gasteiger partial charge in [-0.15, -0.1) is 5.10 Å². The molecule has 2 rings (SSSR count). The molecule has 6 heteroatoms. The van der Waals surface area contributed by atoms with E-state index >= 15 is 0 Å². The van der Waals surface area contributed by atoms with E-state index in [0.29, 0.717) is 17.7 Å². The molecule has 0 aliphatic heterocycles. The van der Waals surface area contributed by atoms with Gasteiger partial charge in [0.15, 0.2) is 0 Å². The Bertz CT molecular complexity index is 509. The van der Waals surface area contributed by atoms with Gasteiger partial charge in [0.2, 0.25) is 5.28 Å². The Kier molecular flexibility index (Phi) is 2.55. The molecule has 0 unspecified atom stereocenters. The average Bonchev–Trinajstić information content (AvgIpc) is 2.60. The van der Waals surface area contributed by atoms with E-state index in [2.05, 4.69) is 10.1 Å². The summed E-state index contributed by atoms with van der Waals surface area (Å²) in [5.74, 6) is -0.376. The second kappa shape index (κ2) is 3.86. The summed E-state index contributed by atoms with van der Waals surface area (Å²) >= 11 is 5.61. The lowest BCUT2D eigenvalue weighted by atomic mass is 10.3. The molecule has 0 radical (unpaired) electrons. The minimum Gasteiger partial charge on any atom is -0.462 e. The van der Waals surface area contributed by atoms with Crippen molar-refractivity contribution in [2.24, 2.45) is 0 Å². The molecule has 2 aromatic heterocycles. The van der Waals surface area contributed by atoms with Crippen molar-refractivity contribution in [1.29, 1.82) is 0 Å². The number of ether oxygens (including phenoxy) is 1. The Balaban J connectivity index is 2.42. The minimum atomic E-state index is -0.376. The maximum Gasteiger partial charge on any atom is 0.339 e. The zero-order valence-corrected chi connectivity index (χ0v) is 8.73. The van der Waals surface area contributed by atoms with Crippen molar-refractivity contribution in [2.45, 2.75) is 6.92 Å². The van der Waals surface area contributed by atoms with E-state index in [4.69, 9.17) is 16.3 Å². The number of carbonyl (C=O) groups excluding carboxylic acids is 1. The van der Waals surface area contributed by atoms with E-state index in [-0.39, 0.29) is 11.3 Å². The van der Waals surface area contributed by atoms with E-state index in [1.807, 2.05) is 0 Å². The van der Waals surface area contributed by atoms with Crippen LogP contribution in [0.15, 0.2) is 18.5 Å². The number of hydrogen-bond donors (Lipinski definition) is 0. The van der Waals surface area contributed by atoms with Crippen LogP contribution in [0, 0.1) is 0 Å². The van der Waals surface area contributed by atoms with Crippen LogP contribution >= 0.6 is 11.6 Å². The molecule has 0 bridgehead atoms. The number of nitrogens with zero attached hydrogens (tertiary/aromatic N) is 3. The molecular formula is C9H8ClN3O2. The van der Waals surface area contributed by atoms with Crippen LogP contribution in [0.5, 0.6) is 0 Å². The monoisotopic (exact) mass is 225 g/mol. The molecule has 0 aromatic carbocycles. The van der Waals surface area contributed by atoms with Gasteiger partial charge in [-0.1, -0.05) is 0 Å². The molecule has 0 aliphatic rings. The van der Waals surface area contributed by atoms with Crippen molar-refractivity contribution in [3.05, 3.63) is 29.3 Å². The highest BCUT2D eigenvalue weighted by molar-refractivity contribution is 6.28. The molecule has 0 spiro atoms. The molecular weight excluding hydrogens is 218 g/mol.